The number of carbonyl (C=O) groups is 1. The van der Waals surface area contributed by atoms with E-state index < -0.39 is 0 Å². The highest BCUT2D eigenvalue weighted by Gasteiger charge is 2.41. The molecule has 2 aliphatic heterocycles. The van der Waals surface area contributed by atoms with E-state index in [9.17, 15) is 4.79 Å². The van der Waals surface area contributed by atoms with Crippen molar-refractivity contribution in [3.05, 3.63) is 162 Å². The van der Waals surface area contributed by atoms with Gasteiger partial charge in [-0.2, -0.15) is 13.7 Å². The molecule has 49 heavy (non-hydrogen) atoms. The van der Waals surface area contributed by atoms with Crippen LogP contribution in [0.25, 0.3) is 55.7 Å². The first-order chi connectivity index (χ1) is 24.1. The highest BCUT2D eigenvalue weighted by Crippen LogP contribution is 2.39. The SMILES string of the molecule is COC(=O)c1cc(-c2ccc(C)cc2)cc2[n+]1C1Cc3c(cccc3-c3c4ccccc4cc[n+]3C1)-c1cccc[n+]1Cc1ccccc1-2. The number of nitrogens with zero attached hydrogens (tertiary/aromatic N) is 3. The lowest BCUT2D eigenvalue weighted by molar-refractivity contribution is -0.787. The van der Waals surface area contributed by atoms with Gasteiger partial charge < -0.3 is 4.74 Å². The number of carbonyl (C=O) groups excluding carboxylic acids is 1. The van der Waals surface area contributed by atoms with Crippen molar-refractivity contribution in [3.8, 4) is 44.9 Å². The summed E-state index contributed by atoms with van der Waals surface area (Å²) in [6.07, 6.45) is 5.13. The predicted octanol–water partition coefficient (Wildman–Crippen LogP) is 7.62. The number of esters is 1. The van der Waals surface area contributed by atoms with Crippen LogP contribution in [0.15, 0.2) is 140 Å². The quantitative estimate of drug-likeness (QED) is 0.144. The fourth-order valence-corrected chi connectivity index (χ4v) is 8.01. The predicted molar refractivity (Wildman–Crippen MR) is 191 cm³/mol. The van der Waals surface area contributed by atoms with Crippen LogP contribution in [0, 0.1) is 6.92 Å². The Hall–Kier alpha value is -5.94. The summed E-state index contributed by atoms with van der Waals surface area (Å²) < 4.78 is 12.6. The number of pyridine rings is 3. The summed E-state index contributed by atoms with van der Waals surface area (Å²) in [7, 11) is 1.48. The van der Waals surface area contributed by atoms with Gasteiger partial charge in [0.05, 0.1) is 29.2 Å². The Morgan fingerprint density at radius 1 is 0.694 bits per heavy atom. The molecule has 2 bridgehead atoms. The lowest BCUT2D eigenvalue weighted by Gasteiger charge is -2.17. The van der Waals surface area contributed by atoms with Gasteiger partial charge in [-0.25, -0.2) is 4.79 Å². The lowest BCUT2D eigenvalue weighted by Crippen LogP contribution is -2.54. The Morgan fingerprint density at radius 3 is 2.35 bits per heavy atom. The van der Waals surface area contributed by atoms with Crippen molar-refractivity contribution in [2.24, 2.45) is 0 Å². The number of hydrogen-bond donors (Lipinski definition) is 0. The number of aromatic nitrogens is 3. The van der Waals surface area contributed by atoms with Crippen LogP contribution in [-0.2, 0) is 24.2 Å². The highest BCUT2D eigenvalue weighted by atomic mass is 16.5. The number of methoxy groups -OCH3 is 1. The number of aryl methyl sites for hydroxylation is 1. The molecule has 0 amide bonds. The van der Waals surface area contributed by atoms with Crippen LogP contribution in [0.3, 0.4) is 0 Å². The van der Waals surface area contributed by atoms with Crippen LogP contribution in [0.5, 0.6) is 0 Å². The molecule has 5 heterocycles. The Labute approximate surface area is 286 Å². The van der Waals surface area contributed by atoms with Gasteiger partial charge in [0.1, 0.15) is 0 Å². The molecule has 0 saturated carbocycles. The Bertz CT molecular complexity index is 2450. The van der Waals surface area contributed by atoms with Crippen molar-refractivity contribution in [1.82, 2.24) is 0 Å². The average Bonchev–Trinajstić information content (AvgIpc) is 3.32. The first kappa shape index (κ1) is 29.2. The number of rotatable bonds is 2. The molecular weight excluding hydrogens is 603 g/mol. The second kappa shape index (κ2) is 11.6. The van der Waals surface area contributed by atoms with Gasteiger partial charge in [0.25, 0.3) is 5.69 Å². The van der Waals surface area contributed by atoms with E-state index in [1.165, 1.54) is 57.1 Å². The van der Waals surface area contributed by atoms with Crippen LogP contribution in [0.2, 0.25) is 0 Å². The first-order valence-corrected chi connectivity index (χ1v) is 16.9. The minimum atomic E-state index is -0.346. The van der Waals surface area contributed by atoms with Crippen molar-refractivity contribution >= 4 is 16.7 Å². The summed E-state index contributed by atoms with van der Waals surface area (Å²) in [5, 5.41) is 2.43. The molecule has 4 aromatic carbocycles. The molecule has 0 radical (unpaired) electrons. The van der Waals surface area contributed by atoms with E-state index >= 15 is 0 Å². The maximum Gasteiger partial charge on any atom is 0.403 e. The van der Waals surface area contributed by atoms with Crippen molar-refractivity contribution in [2.75, 3.05) is 7.11 Å². The van der Waals surface area contributed by atoms with E-state index in [1.807, 2.05) is 6.07 Å². The summed E-state index contributed by atoms with van der Waals surface area (Å²) in [6, 6.07) is 45.4. The van der Waals surface area contributed by atoms with E-state index in [4.69, 9.17) is 4.74 Å². The van der Waals surface area contributed by atoms with Gasteiger partial charge >= 0.3 is 5.97 Å². The minimum Gasteiger partial charge on any atom is -0.461 e. The van der Waals surface area contributed by atoms with Crippen LogP contribution < -0.4 is 13.7 Å². The number of fused-ring (bicyclic) bond motifs is 11. The van der Waals surface area contributed by atoms with Gasteiger partial charge in [-0.3, -0.25) is 0 Å². The molecule has 2 aliphatic rings. The molecule has 5 heteroatoms. The molecule has 1 atom stereocenters. The third-order valence-corrected chi connectivity index (χ3v) is 10.3. The monoisotopic (exact) mass is 638 g/mol. The molecule has 0 spiro atoms. The maximum atomic E-state index is 14.0. The molecule has 0 fully saturated rings. The maximum absolute atomic E-state index is 14.0. The number of ether oxygens (including phenoxy) is 1. The zero-order valence-corrected chi connectivity index (χ0v) is 27.6. The van der Waals surface area contributed by atoms with Crippen LogP contribution in [0.1, 0.15) is 33.2 Å². The second-order valence-corrected chi connectivity index (χ2v) is 13.2. The average molecular weight is 639 g/mol. The van der Waals surface area contributed by atoms with Gasteiger partial charge in [0.15, 0.2) is 18.9 Å². The highest BCUT2D eigenvalue weighted by molar-refractivity contribution is 5.95. The Morgan fingerprint density at radius 2 is 1.47 bits per heavy atom. The van der Waals surface area contributed by atoms with Crippen molar-refractivity contribution < 1.29 is 23.2 Å². The zero-order chi connectivity index (χ0) is 33.1. The van der Waals surface area contributed by atoms with Gasteiger partial charge in [-0.1, -0.05) is 72.3 Å². The molecule has 7 aromatic rings. The molecule has 0 aliphatic carbocycles. The number of hydrogen-bond acceptors (Lipinski definition) is 2. The molecule has 236 valence electrons. The molecule has 1 unspecified atom stereocenters. The number of benzene rings is 4. The van der Waals surface area contributed by atoms with E-state index in [0.29, 0.717) is 18.8 Å². The van der Waals surface area contributed by atoms with Crippen LogP contribution in [-0.4, -0.2) is 13.1 Å². The minimum absolute atomic E-state index is 0.105. The van der Waals surface area contributed by atoms with Gasteiger partial charge in [0.2, 0.25) is 29.7 Å². The van der Waals surface area contributed by atoms with E-state index in [2.05, 4.69) is 154 Å². The fraction of sp³-hybridized carbons (Fsp3) is 0.136. The third kappa shape index (κ3) is 4.84. The molecular formula is C44H36N3O2+3. The first-order valence-electron chi connectivity index (χ1n) is 16.9. The smallest absolute Gasteiger partial charge is 0.403 e. The summed E-state index contributed by atoms with van der Waals surface area (Å²) >= 11 is 0. The summed E-state index contributed by atoms with van der Waals surface area (Å²) in [5.41, 5.74) is 13.2. The van der Waals surface area contributed by atoms with Gasteiger partial charge in [0, 0.05) is 42.3 Å². The van der Waals surface area contributed by atoms with Gasteiger partial charge in [-0.05, 0) is 59.3 Å². The molecule has 5 nitrogen and oxygen atoms in total. The summed E-state index contributed by atoms with van der Waals surface area (Å²) in [4.78, 5) is 14.0. The lowest BCUT2D eigenvalue weighted by atomic mass is 9.90. The van der Waals surface area contributed by atoms with Crippen molar-refractivity contribution in [3.63, 3.8) is 0 Å². The largest absolute Gasteiger partial charge is 0.461 e. The fourth-order valence-electron chi connectivity index (χ4n) is 8.01. The second-order valence-electron chi connectivity index (χ2n) is 13.2. The summed E-state index contributed by atoms with van der Waals surface area (Å²) in [5.74, 6) is -0.346. The van der Waals surface area contributed by atoms with Crippen LogP contribution in [0.4, 0.5) is 0 Å². The topological polar surface area (TPSA) is 37.9 Å². The van der Waals surface area contributed by atoms with E-state index in [0.717, 1.165) is 28.8 Å². The molecule has 0 N–H and O–H groups in total. The molecule has 9 rings (SSSR count). The van der Waals surface area contributed by atoms with Crippen molar-refractivity contribution in [2.45, 2.75) is 32.5 Å². The normalized spacial score (nSPS) is 14.4. The van der Waals surface area contributed by atoms with Gasteiger partial charge in [-0.15, -0.1) is 0 Å². The van der Waals surface area contributed by atoms with Crippen molar-refractivity contribution in [1.29, 1.82) is 0 Å². The Balaban J connectivity index is 1.43. The standard InChI is InChI=1S/C44H36N3O2/c1-29-17-19-30(20-18-29)33-24-41-35-12-5-4-11-32(35)27-45-22-8-7-16-40(45)37-14-9-15-38-39(37)26-34(47(41)42(25-33)44(48)49-2)28-46-23-21-31-10-3-6-13-36(31)43(38)46/h3-25,34H,26-28H2,1-2H3/q+3. The van der Waals surface area contributed by atoms with Crippen LogP contribution >= 0.6 is 0 Å². The third-order valence-electron chi connectivity index (χ3n) is 10.3. The van der Waals surface area contributed by atoms with E-state index in [1.54, 1.807) is 0 Å². The molecule has 3 aromatic heterocycles. The zero-order valence-electron chi connectivity index (χ0n) is 27.6. The Kier molecular flexibility index (Phi) is 6.94. The summed E-state index contributed by atoms with van der Waals surface area (Å²) in [6.45, 7) is 3.45. The van der Waals surface area contributed by atoms with E-state index in [-0.39, 0.29) is 12.0 Å². The molecule has 0 saturated heterocycles.